The lowest BCUT2D eigenvalue weighted by molar-refractivity contribution is -0.268. The number of aromatic hydroxyl groups is 4. The van der Waals surface area contributed by atoms with Gasteiger partial charge >= 0.3 is 0 Å². The van der Waals surface area contributed by atoms with E-state index in [1.165, 1.54) is 27.2 Å². The van der Waals surface area contributed by atoms with Crippen LogP contribution >= 0.6 is 0 Å². The van der Waals surface area contributed by atoms with Gasteiger partial charge in [-0.3, -0.25) is 4.79 Å². The van der Waals surface area contributed by atoms with Crippen molar-refractivity contribution >= 4 is 11.0 Å². The quantitative estimate of drug-likeness (QED) is 0.235. The number of phenols is 4. The van der Waals surface area contributed by atoms with Crippen LogP contribution in [0.3, 0.4) is 0 Å². The minimum Gasteiger partial charge on any atom is -0.507 e. The second kappa shape index (κ2) is 9.28. The molecule has 0 aliphatic carbocycles. The second-order valence-electron chi connectivity index (χ2n) is 8.09. The predicted octanol–water partition coefficient (Wildman–Crippen LogP) is 0.506. The molecule has 4 rings (SSSR count). The number of hydrogen-bond donors (Lipinski definition) is 7. The van der Waals surface area contributed by atoms with Gasteiger partial charge in [-0.25, -0.2) is 0 Å². The number of benzene rings is 2. The predicted molar refractivity (Wildman–Crippen MR) is 121 cm³/mol. The number of hydrogen-bond acceptors (Lipinski definition) is 13. The molecule has 0 saturated carbocycles. The number of phenolic OH excluding ortho intramolecular Hbond substituents is 4. The molecular weight excluding hydrogens is 484 g/mol. The smallest absolute Gasteiger partial charge is 0.239 e. The molecule has 0 radical (unpaired) electrons. The third kappa shape index (κ3) is 3.97. The molecule has 1 aliphatic heterocycles. The molecule has 3 aromatic rings. The van der Waals surface area contributed by atoms with Crippen molar-refractivity contribution in [2.24, 2.45) is 0 Å². The fourth-order valence-electron chi connectivity index (χ4n) is 3.90. The Morgan fingerprint density at radius 1 is 0.833 bits per heavy atom. The first-order chi connectivity index (χ1) is 17.0. The SMILES string of the molecule is COc1cc(-c2oc3c(OC)c(O)cc(O)c3c(=O)c2O[C@@H]2O[C@@H](C)[C@H](O)[C@@H](O)[C@H]2O)cc(O)c1O. The molecule has 194 valence electrons. The zero-order valence-electron chi connectivity index (χ0n) is 19.2. The zero-order valence-corrected chi connectivity index (χ0v) is 19.2. The van der Waals surface area contributed by atoms with Crippen LogP contribution in [0.2, 0.25) is 0 Å². The normalized spacial score (nSPS) is 24.0. The highest BCUT2D eigenvalue weighted by Gasteiger charge is 2.44. The Hall–Kier alpha value is -3.91. The van der Waals surface area contributed by atoms with Gasteiger partial charge in [-0.05, 0) is 19.1 Å². The standard InChI is InChI=1S/C23H24O13/c1-7-14(27)17(30)18(31)23(34-7)36-22-16(29)13-9(24)6-11(26)20(33-3)21(13)35-19(22)8-4-10(25)15(28)12(5-8)32-2/h4-7,14,17-18,23-28,30-31H,1-3H3/t7-,14-,17+,18+,23-/m0/s1. The first-order valence-electron chi connectivity index (χ1n) is 10.6. The summed E-state index contributed by atoms with van der Waals surface area (Å²) in [6.45, 7) is 1.41. The number of aliphatic hydroxyl groups excluding tert-OH is 3. The summed E-state index contributed by atoms with van der Waals surface area (Å²) in [7, 11) is 2.40. The topological polar surface area (TPSA) is 209 Å². The molecule has 2 heterocycles. The lowest BCUT2D eigenvalue weighted by atomic mass is 10.00. The molecule has 1 aromatic heterocycles. The van der Waals surface area contributed by atoms with Crippen molar-refractivity contribution in [3.05, 3.63) is 28.4 Å². The Morgan fingerprint density at radius 3 is 2.17 bits per heavy atom. The highest BCUT2D eigenvalue weighted by atomic mass is 16.7. The second-order valence-corrected chi connectivity index (χ2v) is 8.09. The Morgan fingerprint density at radius 2 is 1.53 bits per heavy atom. The molecule has 7 N–H and O–H groups in total. The monoisotopic (exact) mass is 508 g/mol. The van der Waals surface area contributed by atoms with Crippen LogP contribution in [0.4, 0.5) is 0 Å². The third-order valence-corrected chi connectivity index (χ3v) is 5.82. The van der Waals surface area contributed by atoms with Crippen LogP contribution in [-0.4, -0.2) is 80.7 Å². The fraction of sp³-hybridized carbons (Fsp3) is 0.348. The van der Waals surface area contributed by atoms with Gasteiger partial charge in [0.2, 0.25) is 29.0 Å². The average molecular weight is 508 g/mol. The van der Waals surface area contributed by atoms with Crippen molar-refractivity contribution in [1.29, 1.82) is 0 Å². The summed E-state index contributed by atoms with van der Waals surface area (Å²) in [5.74, 6) is -4.04. The highest BCUT2D eigenvalue weighted by molar-refractivity contribution is 5.93. The largest absolute Gasteiger partial charge is 0.507 e. The molecule has 5 atom stereocenters. The van der Waals surface area contributed by atoms with E-state index < -0.39 is 76.0 Å². The summed E-state index contributed by atoms with van der Waals surface area (Å²) in [5.41, 5.74) is -1.46. The van der Waals surface area contributed by atoms with Crippen molar-refractivity contribution in [2.45, 2.75) is 37.6 Å². The number of ether oxygens (including phenoxy) is 4. The molecule has 0 amide bonds. The van der Waals surface area contributed by atoms with Crippen molar-refractivity contribution in [2.75, 3.05) is 14.2 Å². The van der Waals surface area contributed by atoms with E-state index in [2.05, 4.69) is 0 Å². The van der Waals surface area contributed by atoms with E-state index in [0.29, 0.717) is 0 Å². The van der Waals surface area contributed by atoms with Gasteiger partial charge in [0.1, 0.15) is 29.4 Å². The van der Waals surface area contributed by atoms with Crippen LogP contribution in [0, 0.1) is 0 Å². The molecule has 1 fully saturated rings. The Balaban J connectivity index is 2.02. The molecule has 0 spiro atoms. The van der Waals surface area contributed by atoms with Gasteiger partial charge in [0.05, 0.1) is 20.3 Å². The van der Waals surface area contributed by atoms with E-state index in [-0.39, 0.29) is 22.6 Å². The molecule has 13 nitrogen and oxygen atoms in total. The van der Waals surface area contributed by atoms with Gasteiger partial charge in [0.15, 0.2) is 28.6 Å². The van der Waals surface area contributed by atoms with Crippen LogP contribution in [0.15, 0.2) is 27.4 Å². The molecule has 1 saturated heterocycles. The molecule has 0 bridgehead atoms. The molecule has 36 heavy (non-hydrogen) atoms. The van der Waals surface area contributed by atoms with Gasteiger partial charge in [-0.1, -0.05) is 0 Å². The first kappa shape index (κ1) is 25.2. The van der Waals surface area contributed by atoms with Gasteiger partial charge in [0, 0.05) is 11.6 Å². The maximum Gasteiger partial charge on any atom is 0.239 e. The Kier molecular flexibility index (Phi) is 6.49. The van der Waals surface area contributed by atoms with Crippen LogP contribution in [0.5, 0.6) is 40.2 Å². The number of methoxy groups -OCH3 is 2. The van der Waals surface area contributed by atoms with E-state index in [4.69, 9.17) is 23.4 Å². The van der Waals surface area contributed by atoms with Crippen molar-refractivity contribution in [3.63, 3.8) is 0 Å². The highest BCUT2D eigenvalue weighted by Crippen LogP contribution is 2.46. The van der Waals surface area contributed by atoms with Crippen molar-refractivity contribution in [3.8, 4) is 51.6 Å². The fourth-order valence-corrected chi connectivity index (χ4v) is 3.90. The molecular formula is C23H24O13. The van der Waals surface area contributed by atoms with Crippen molar-refractivity contribution < 1.29 is 59.1 Å². The first-order valence-corrected chi connectivity index (χ1v) is 10.6. The van der Waals surface area contributed by atoms with E-state index in [1.54, 1.807) is 0 Å². The molecule has 1 aliphatic rings. The minimum atomic E-state index is -1.80. The van der Waals surface area contributed by atoms with Gasteiger partial charge in [-0.15, -0.1) is 0 Å². The summed E-state index contributed by atoms with van der Waals surface area (Å²) in [4.78, 5) is 13.6. The van der Waals surface area contributed by atoms with E-state index in [9.17, 15) is 40.5 Å². The van der Waals surface area contributed by atoms with Gasteiger partial charge in [0.25, 0.3) is 0 Å². The summed E-state index contributed by atoms with van der Waals surface area (Å²) in [5, 5.41) is 70.8. The maximum absolute atomic E-state index is 13.6. The summed E-state index contributed by atoms with van der Waals surface area (Å²) < 4.78 is 27.0. The summed E-state index contributed by atoms with van der Waals surface area (Å²) >= 11 is 0. The zero-order chi connectivity index (χ0) is 26.5. The van der Waals surface area contributed by atoms with Crippen LogP contribution < -0.4 is 19.6 Å². The van der Waals surface area contributed by atoms with E-state index >= 15 is 0 Å². The Bertz CT molecular complexity index is 1360. The lowest BCUT2D eigenvalue weighted by Gasteiger charge is -2.38. The van der Waals surface area contributed by atoms with Crippen LogP contribution in [-0.2, 0) is 4.74 Å². The van der Waals surface area contributed by atoms with Gasteiger partial charge < -0.3 is 59.1 Å². The number of fused-ring (bicyclic) bond motifs is 1. The molecule has 13 heteroatoms. The maximum atomic E-state index is 13.6. The third-order valence-electron chi connectivity index (χ3n) is 5.82. The minimum absolute atomic E-state index is 0.0695. The molecule has 0 unspecified atom stereocenters. The number of rotatable bonds is 5. The average Bonchev–Trinajstić information content (AvgIpc) is 2.83. The van der Waals surface area contributed by atoms with Crippen molar-refractivity contribution in [1.82, 2.24) is 0 Å². The van der Waals surface area contributed by atoms with E-state index in [0.717, 1.165) is 12.1 Å². The van der Waals surface area contributed by atoms with Crippen LogP contribution in [0.1, 0.15) is 6.92 Å². The van der Waals surface area contributed by atoms with E-state index in [1.807, 2.05) is 0 Å². The van der Waals surface area contributed by atoms with Crippen LogP contribution in [0.25, 0.3) is 22.3 Å². The lowest BCUT2D eigenvalue weighted by Crippen LogP contribution is -2.58. The number of aliphatic hydroxyl groups is 3. The summed E-state index contributed by atoms with van der Waals surface area (Å²) in [6.07, 6.45) is -7.61. The summed E-state index contributed by atoms with van der Waals surface area (Å²) in [6, 6.07) is 3.06. The Labute approximate surface area is 202 Å². The molecule has 2 aromatic carbocycles. The van der Waals surface area contributed by atoms with Gasteiger partial charge in [-0.2, -0.15) is 0 Å².